The second kappa shape index (κ2) is 8.02. The average Bonchev–Trinajstić information content (AvgIpc) is 2.39. The Morgan fingerprint density at radius 2 is 1.78 bits per heavy atom. The Bertz CT molecular complexity index is 353. The Kier molecular flexibility index (Phi) is 6.64. The molecule has 0 heterocycles. The maximum atomic E-state index is 13.7. The number of benzene rings is 1. The second-order valence-corrected chi connectivity index (χ2v) is 3.95. The second-order valence-electron chi connectivity index (χ2n) is 3.95. The van der Waals surface area contributed by atoms with Crippen LogP contribution in [-0.4, -0.2) is 40.5 Å². The van der Waals surface area contributed by atoms with Crippen molar-refractivity contribution in [1.29, 1.82) is 0 Å². The first-order chi connectivity index (χ1) is 8.72. The van der Waals surface area contributed by atoms with E-state index in [-0.39, 0.29) is 12.4 Å². The zero-order valence-corrected chi connectivity index (χ0v) is 11.0. The summed E-state index contributed by atoms with van der Waals surface area (Å²) in [6.45, 7) is 2.78. The van der Waals surface area contributed by atoms with E-state index < -0.39 is 0 Å². The first kappa shape index (κ1) is 14.9. The standard InChI is InChI=1S/C13H21FN2O2/c1-17-7-5-16(6-8-18-2)12-4-3-11(10-15)13(14)9-12/h3-4,9H,5-8,10,15H2,1-2H3. The topological polar surface area (TPSA) is 47.7 Å². The predicted octanol–water partition coefficient (Wildman–Crippen LogP) is 1.38. The Morgan fingerprint density at radius 1 is 1.17 bits per heavy atom. The van der Waals surface area contributed by atoms with Gasteiger partial charge in [0.2, 0.25) is 0 Å². The van der Waals surface area contributed by atoms with E-state index in [4.69, 9.17) is 15.2 Å². The monoisotopic (exact) mass is 256 g/mol. The van der Waals surface area contributed by atoms with Crippen molar-refractivity contribution in [3.05, 3.63) is 29.6 Å². The molecule has 1 aromatic rings. The maximum Gasteiger partial charge on any atom is 0.129 e. The van der Waals surface area contributed by atoms with Gasteiger partial charge in [-0.25, -0.2) is 4.39 Å². The Hall–Kier alpha value is -1.17. The number of hydrogen-bond acceptors (Lipinski definition) is 4. The zero-order chi connectivity index (χ0) is 13.4. The summed E-state index contributed by atoms with van der Waals surface area (Å²) < 4.78 is 23.8. The third kappa shape index (κ3) is 4.25. The number of halogens is 1. The van der Waals surface area contributed by atoms with Crippen molar-refractivity contribution in [3.63, 3.8) is 0 Å². The SMILES string of the molecule is COCCN(CCOC)c1ccc(CN)c(F)c1. The van der Waals surface area contributed by atoms with Gasteiger partial charge in [0.15, 0.2) is 0 Å². The fourth-order valence-corrected chi connectivity index (χ4v) is 1.67. The van der Waals surface area contributed by atoms with Crippen LogP contribution in [0.1, 0.15) is 5.56 Å². The van der Waals surface area contributed by atoms with Crippen LogP contribution in [0.15, 0.2) is 18.2 Å². The van der Waals surface area contributed by atoms with Gasteiger partial charge in [-0.15, -0.1) is 0 Å². The molecule has 0 atom stereocenters. The van der Waals surface area contributed by atoms with E-state index in [0.717, 1.165) is 5.69 Å². The highest BCUT2D eigenvalue weighted by Crippen LogP contribution is 2.18. The highest BCUT2D eigenvalue weighted by molar-refractivity contribution is 5.48. The molecule has 0 spiro atoms. The van der Waals surface area contributed by atoms with Gasteiger partial charge in [0.1, 0.15) is 5.82 Å². The lowest BCUT2D eigenvalue weighted by atomic mass is 10.2. The maximum absolute atomic E-state index is 13.7. The fraction of sp³-hybridized carbons (Fsp3) is 0.538. The molecule has 0 bridgehead atoms. The van der Waals surface area contributed by atoms with E-state index in [1.165, 1.54) is 6.07 Å². The largest absolute Gasteiger partial charge is 0.383 e. The number of nitrogens with zero attached hydrogens (tertiary/aromatic N) is 1. The molecule has 2 N–H and O–H groups in total. The summed E-state index contributed by atoms with van der Waals surface area (Å²) in [5.74, 6) is -0.269. The van der Waals surface area contributed by atoms with Crippen molar-refractivity contribution in [3.8, 4) is 0 Å². The van der Waals surface area contributed by atoms with Crippen LogP contribution in [0, 0.1) is 5.82 Å². The van der Waals surface area contributed by atoms with Crippen LogP contribution in [0.4, 0.5) is 10.1 Å². The summed E-state index contributed by atoms with van der Waals surface area (Å²) in [6, 6.07) is 5.10. The normalized spacial score (nSPS) is 10.7. The molecular weight excluding hydrogens is 235 g/mol. The molecule has 0 saturated heterocycles. The number of ether oxygens (including phenoxy) is 2. The van der Waals surface area contributed by atoms with E-state index in [0.29, 0.717) is 31.9 Å². The molecule has 0 fully saturated rings. The smallest absolute Gasteiger partial charge is 0.129 e. The molecular formula is C13H21FN2O2. The minimum absolute atomic E-state index is 0.211. The molecule has 0 radical (unpaired) electrons. The molecule has 18 heavy (non-hydrogen) atoms. The van der Waals surface area contributed by atoms with Crippen molar-refractivity contribution in [1.82, 2.24) is 0 Å². The summed E-state index contributed by atoms with van der Waals surface area (Å²) in [7, 11) is 3.29. The summed E-state index contributed by atoms with van der Waals surface area (Å²) in [4.78, 5) is 2.02. The molecule has 0 aliphatic heterocycles. The number of rotatable bonds is 8. The average molecular weight is 256 g/mol. The molecule has 1 rings (SSSR count). The highest BCUT2D eigenvalue weighted by atomic mass is 19.1. The molecule has 0 amide bonds. The van der Waals surface area contributed by atoms with E-state index in [9.17, 15) is 4.39 Å². The van der Waals surface area contributed by atoms with Gasteiger partial charge in [-0.2, -0.15) is 0 Å². The Morgan fingerprint density at radius 3 is 2.22 bits per heavy atom. The van der Waals surface area contributed by atoms with Crippen LogP contribution in [0.5, 0.6) is 0 Å². The van der Waals surface area contributed by atoms with Gasteiger partial charge in [0, 0.05) is 45.1 Å². The Balaban J connectivity index is 2.79. The van der Waals surface area contributed by atoms with Gasteiger partial charge in [-0.1, -0.05) is 6.07 Å². The van der Waals surface area contributed by atoms with Crippen molar-refractivity contribution in [2.24, 2.45) is 5.73 Å². The fourth-order valence-electron chi connectivity index (χ4n) is 1.67. The first-order valence-corrected chi connectivity index (χ1v) is 5.94. The van der Waals surface area contributed by atoms with Crippen LogP contribution in [0.25, 0.3) is 0 Å². The lowest BCUT2D eigenvalue weighted by Gasteiger charge is -2.24. The number of methoxy groups -OCH3 is 2. The minimum atomic E-state index is -0.269. The van der Waals surface area contributed by atoms with E-state index in [1.807, 2.05) is 11.0 Å². The van der Waals surface area contributed by atoms with Gasteiger partial charge in [-0.05, 0) is 12.1 Å². The lowest BCUT2D eigenvalue weighted by Crippen LogP contribution is -2.30. The van der Waals surface area contributed by atoms with Gasteiger partial charge < -0.3 is 20.1 Å². The van der Waals surface area contributed by atoms with Crippen molar-refractivity contribution < 1.29 is 13.9 Å². The molecule has 102 valence electrons. The summed E-state index contributed by atoms with van der Waals surface area (Å²) in [5, 5.41) is 0. The van der Waals surface area contributed by atoms with Crippen LogP contribution in [0.2, 0.25) is 0 Å². The van der Waals surface area contributed by atoms with Gasteiger partial charge in [-0.3, -0.25) is 0 Å². The molecule has 0 saturated carbocycles. The quantitative estimate of drug-likeness (QED) is 0.763. The van der Waals surface area contributed by atoms with Crippen molar-refractivity contribution >= 4 is 5.69 Å². The molecule has 0 unspecified atom stereocenters. The number of nitrogens with two attached hydrogens (primary N) is 1. The molecule has 4 nitrogen and oxygen atoms in total. The number of anilines is 1. The first-order valence-electron chi connectivity index (χ1n) is 5.94. The van der Waals surface area contributed by atoms with Gasteiger partial charge in [0.25, 0.3) is 0 Å². The van der Waals surface area contributed by atoms with Crippen LogP contribution in [0.3, 0.4) is 0 Å². The molecule has 5 heteroatoms. The molecule has 0 aliphatic rings. The van der Waals surface area contributed by atoms with Gasteiger partial charge in [0.05, 0.1) is 13.2 Å². The third-order valence-electron chi connectivity index (χ3n) is 2.75. The predicted molar refractivity (Wildman–Crippen MR) is 70.3 cm³/mol. The van der Waals surface area contributed by atoms with Crippen LogP contribution in [-0.2, 0) is 16.0 Å². The van der Waals surface area contributed by atoms with E-state index in [1.54, 1.807) is 20.3 Å². The van der Waals surface area contributed by atoms with Gasteiger partial charge >= 0.3 is 0 Å². The summed E-state index contributed by atoms with van der Waals surface area (Å²) in [5.41, 5.74) is 6.79. The molecule has 1 aromatic carbocycles. The summed E-state index contributed by atoms with van der Waals surface area (Å²) >= 11 is 0. The highest BCUT2D eigenvalue weighted by Gasteiger charge is 2.09. The zero-order valence-electron chi connectivity index (χ0n) is 11.0. The lowest BCUT2D eigenvalue weighted by molar-refractivity contribution is 0.190. The number of hydrogen-bond donors (Lipinski definition) is 1. The van der Waals surface area contributed by atoms with E-state index >= 15 is 0 Å². The minimum Gasteiger partial charge on any atom is -0.383 e. The van der Waals surface area contributed by atoms with E-state index in [2.05, 4.69) is 0 Å². The van der Waals surface area contributed by atoms with Crippen molar-refractivity contribution in [2.45, 2.75) is 6.54 Å². The molecule has 0 aromatic heterocycles. The molecule has 0 aliphatic carbocycles. The van der Waals surface area contributed by atoms with Crippen LogP contribution < -0.4 is 10.6 Å². The summed E-state index contributed by atoms with van der Waals surface area (Å²) in [6.07, 6.45) is 0. The van der Waals surface area contributed by atoms with Crippen LogP contribution >= 0.6 is 0 Å². The van der Waals surface area contributed by atoms with Crippen molar-refractivity contribution in [2.75, 3.05) is 45.4 Å². The Labute approximate surface area is 107 Å². The third-order valence-corrected chi connectivity index (χ3v) is 2.75.